The third kappa shape index (κ3) is 10.6. The Morgan fingerprint density at radius 2 is 1.24 bits per heavy atom. The summed E-state index contributed by atoms with van der Waals surface area (Å²) in [5.74, 6) is 0.318. The summed E-state index contributed by atoms with van der Waals surface area (Å²) in [5, 5.41) is 0. The minimum atomic E-state index is -0.548. The van der Waals surface area contributed by atoms with Crippen molar-refractivity contribution in [3.8, 4) is 23.0 Å². The molecule has 0 amide bonds. The first-order chi connectivity index (χ1) is 20.4. The fourth-order valence-electron chi connectivity index (χ4n) is 3.50. The Morgan fingerprint density at radius 3 is 1.79 bits per heavy atom. The fourth-order valence-corrected chi connectivity index (χ4v) is 3.50. The maximum Gasteiger partial charge on any atom is 0.343 e. The van der Waals surface area contributed by atoms with Crippen molar-refractivity contribution >= 4 is 17.9 Å². The van der Waals surface area contributed by atoms with E-state index in [0.29, 0.717) is 72.5 Å². The van der Waals surface area contributed by atoms with Crippen LogP contribution < -0.4 is 18.9 Å². The van der Waals surface area contributed by atoms with Gasteiger partial charge in [0.25, 0.3) is 0 Å². The average molecular weight is 575 g/mol. The molecule has 0 N–H and O–H groups in total. The molecule has 3 rings (SSSR count). The zero-order valence-electron chi connectivity index (χ0n) is 23.5. The summed E-state index contributed by atoms with van der Waals surface area (Å²) in [5.41, 5.74) is 1.33. The van der Waals surface area contributed by atoms with Crippen LogP contribution in [-0.4, -0.2) is 50.9 Å². The van der Waals surface area contributed by atoms with E-state index in [1.807, 2.05) is 0 Å². The van der Waals surface area contributed by atoms with Crippen LogP contribution in [0.5, 0.6) is 23.0 Å². The third-order valence-corrected chi connectivity index (χ3v) is 5.65. The van der Waals surface area contributed by atoms with Gasteiger partial charge in [-0.15, -0.1) is 6.58 Å². The summed E-state index contributed by atoms with van der Waals surface area (Å²) in [7, 11) is 0. The molecule has 0 bridgehead atoms. The minimum absolute atomic E-state index is 0.226. The lowest BCUT2D eigenvalue weighted by atomic mass is 10.2. The highest BCUT2D eigenvalue weighted by Gasteiger charge is 2.14. The molecule has 9 heteroatoms. The molecule has 0 aliphatic carbocycles. The van der Waals surface area contributed by atoms with Crippen molar-refractivity contribution in [2.24, 2.45) is 0 Å². The molecule has 0 spiro atoms. The highest BCUT2D eigenvalue weighted by molar-refractivity contribution is 5.92. The van der Waals surface area contributed by atoms with Gasteiger partial charge < -0.3 is 28.4 Å². The fraction of sp³-hybridized carbons (Fsp3) is 0.242. The molecule has 0 saturated heterocycles. The van der Waals surface area contributed by atoms with Gasteiger partial charge in [0, 0.05) is 18.9 Å². The lowest BCUT2D eigenvalue weighted by Gasteiger charge is -2.11. The van der Waals surface area contributed by atoms with Crippen LogP contribution in [0.15, 0.2) is 92.0 Å². The number of carbonyl (C=O) groups is 3. The normalized spacial score (nSPS) is 10.3. The SMILES string of the molecule is C=CCOCCCOc1ccc(C(=O)Oc2ccc(OC(=O)c3ccc(OCCCOC(=O)C=C)cc3)cc2C)cc1. The molecule has 0 heterocycles. The second-order valence-electron chi connectivity index (χ2n) is 8.89. The van der Waals surface area contributed by atoms with E-state index < -0.39 is 17.9 Å². The quantitative estimate of drug-likeness (QED) is 0.0640. The van der Waals surface area contributed by atoms with E-state index in [-0.39, 0.29) is 6.61 Å². The van der Waals surface area contributed by atoms with Crippen molar-refractivity contribution in [3.63, 3.8) is 0 Å². The van der Waals surface area contributed by atoms with Crippen LogP contribution in [0, 0.1) is 6.92 Å². The van der Waals surface area contributed by atoms with E-state index in [4.69, 9.17) is 28.4 Å². The number of hydrogen-bond donors (Lipinski definition) is 0. The Kier molecular flexibility index (Phi) is 12.8. The average Bonchev–Trinajstić information content (AvgIpc) is 3.00. The molecule has 3 aromatic carbocycles. The summed E-state index contributed by atoms with van der Waals surface area (Å²) in [6.45, 7) is 10.8. The standard InChI is InChI=1S/C33H34O9/c1-4-18-37-19-6-20-38-27-14-10-26(11-15-27)33(36)42-30-17-16-29(23-24(30)3)41-32(35)25-8-12-28(13-9-25)39-21-7-22-40-31(34)5-2/h4-5,8-17,23H,1-2,6-7,18-22H2,3H3. The number of ether oxygens (including phenoxy) is 6. The first kappa shape index (κ1) is 31.6. The lowest BCUT2D eigenvalue weighted by Crippen LogP contribution is -2.11. The van der Waals surface area contributed by atoms with Gasteiger partial charge in [-0.25, -0.2) is 14.4 Å². The molecule has 0 fully saturated rings. The van der Waals surface area contributed by atoms with Gasteiger partial charge in [-0.05, 0) is 79.2 Å². The molecule has 0 aromatic heterocycles. The summed E-state index contributed by atoms with van der Waals surface area (Å²) in [6.07, 6.45) is 4.06. The Balaban J connectivity index is 1.45. The number of aryl methyl sites for hydroxylation is 1. The molecule has 42 heavy (non-hydrogen) atoms. The predicted octanol–water partition coefficient (Wildman–Crippen LogP) is 5.90. The van der Waals surface area contributed by atoms with Gasteiger partial charge in [0.05, 0.1) is 44.2 Å². The van der Waals surface area contributed by atoms with Gasteiger partial charge in [0.2, 0.25) is 0 Å². The first-order valence-electron chi connectivity index (χ1n) is 13.4. The summed E-state index contributed by atoms with van der Waals surface area (Å²) in [6, 6.07) is 17.9. The minimum Gasteiger partial charge on any atom is -0.494 e. The Hall–Kier alpha value is -4.89. The van der Waals surface area contributed by atoms with E-state index >= 15 is 0 Å². The first-order valence-corrected chi connectivity index (χ1v) is 13.4. The van der Waals surface area contributed by atoms with Crippen LogP contribution in [-0.2, 0) is 14.3 Å². The molecule has 0 radical (unpaired) electrons. The zero-order valence-corrected chi connectivity index (χ0v) is 23.5. The van der Waals surface area contributed by atoms with Crippen molar-refractivity contribution in [3.05, 3.63) is 109 Å². The number of hydrogen-bond acceptors (Lipinski definition) is 9. The van der Waals surface area contributed by atoms with Crippen molar-refractivity contribution in [2.45, 2.75) is 19.8 Å². The van der Waals surface area contributed by atoms with Crippen LogP contribution in [0.25, 0.3) is 0 Å². The third-order valence-electron chi connectivity index (χ3n) is 5.65. The smallest absolute Gasteiger partial charge is 0.343 e. The maximum absolute atomic E-state index is 12.6. The van der Waals surface area contributed by atoms with E-state index in [9.17, 15) is 14.4 Å². The van der Waals surface area contributed by atoms with Gasteiger partial charge >= 0.3 is 17.9 Å². The Labute approximate surface area is 245 Å². The van der Waals surface area contributed by atoms with Gasteiger partial charge in [-0.3, -0.25) is 0 Å². The number of rotatable bonds is 17. The predicted molar refractivity (Wildman–Crippen MR) is 156 cm³/mol. The summed E-state index contributed by atoms with van der Waals surface area (Å²) in [4.78, 5) is 36.3. The van der Waals surface area contributed by atoms with Crippen molar-refractivity contribution in [2.75, 3.05) is 33.0 Å². The van der Waals surface area contributed by atoms with Crippen LogP contribution in [0.2, 0.25) is 0 Å². The number of esters is 3. The molecule has 0 aliphatic heterocycles. The van der Waals surface area contributed by atoms with Crippen LogP contribution >= 0.6 is 0 Å². The van der Waals surface area contributed by atoms with Crippen LogP contribution in [0.4, 0.5) is 0 Å². The molecule has 220 valence electrons. The lowest BCUT2D eigenvalue weighted by molar-refractivity contribution is -0.137. The van der Waals surface area contributed by atoms with E-state index in [1.165, 1.54) is 0 Å². The van der Waals surface area contributed by atoms with Crippen molar-refractivity contribution in [1.29, 1.82) is 0 Å². The molecular weight excluding hydrogens is 540 g/mol. The van der Waals surface area contributed by atoms with Gasteiger partial charge in [0.15, 0.2) is 0 Å². The van der Waals surface area contributed by atoms with E-state index in [1.54, 1.807) is 79.7 Å². The summed E-state index contributed by atoms with van der Waals surface area (Å²) < 4.78 is 32.5. The second-order valence-corrected chi connectivity index (χ2v) is 8.89. The van der Waals surface area contributed by atoms with Gasteiger partial charge in [-0.2, -0.15) is 0 Å². The van der Waals surface area contributed by atoms with E-state index in [2.05, 4.69) is 13.2 Å². The van der Waals surface area contributed by atoms with E-state index in [0.717, 1.165) is 12.5 Å². The molecular formula is C33H34O9. The highest BCUT2D eigenvalue weighted by Crippen LogP contribution is 2.25. The number of benzene rings is 3. The zero-order chi connectivity index (χ0) is 30.2. The van der Waals surface area contributed by atoms with Crippen LogP contribution in [0.1, 0.15) is 39.1 Å². The van der Waals surface area contributed by atoms with Gasteiger partial charge in [-0.1, -0.05) is 12.7 Å². The molecule has 9 nitrogen and oxygen atoms in total. The van der Waals surface area contributed by atoms with Crippen molar-refractivity contribution in [1.82, 2.24) is 0 Å². The molecule has 3 aromatic rings. The molecule has 0 atom stereocenters. The van der Waals surface area contributed by atoms with Crippen molar-refractivity contribution < 1.29 is 42.8 Å². The monoisotopic (exact) mass is 574 g/mol. The highest BCUT2D eigenvalue weighted by atomic mass is 16.5. The largest absolute Gasteiger partial charge is 0.494 e. The topological polar surface area (TPSA) is 107 Å². The molecule has 0 aliphatic rings. The Bertz CT molecular complexity index is 1340. The van der Waals surface area contributed by atoms with Crippen LogP contribution in [0.3, 0.4) is 0 Å². The maximum atomic E-state index is 12.6. The summed E-state index contributed by atoms with van der Waals surface area (Å²) >= 11 is 0. The number of carbonyl (C=O) groups excluding carboxylic acids is 3. The molecule has 0 unspecified atom stereocenters. The van der Waals surface area contributed by atoms with Gasteiger partial charge in [0.1, 0.15) is 23.0 Å². The molecule has 0 saturated carbocycles. The Morgan fingerprint density at radius 1 is 0.690 bits per heavy atom. The second kappa shape index (κ2) is 17.0.